The van der Waals surface area contributed by atoms with E-state index in [1.807, 2.05) is 0 Å². The largest absolute Gasteiger partial charge is 0.291 e. The van der Waals surface area contributed by atoms with Gasteiger partial charge in [-0.1, -0.05) is 25.5 Å². The van der Waals surface area contributed by atoms with E-state index in [0.29, 0.717) is 29.6 Å². The van der Waals surface area contributed by atoms with Crippen molar-refractivity contribution in [3.63, 3.8) is 0 Å². The Bertz CT molecular complexity index is 546. The lowest BCUT2D eigenvalue weighted by molar-refractivity contribution is -0.140. The quantitative estimate of drug-likeness (QED) is 0.496. The monoisotopic (exact) mass is 286 g/mol. The maximum absolute atomic E-state index is 12.3. The lowest BCUT2D eigenvalue weighted by Gasteiger charge is -2.56. The third-order valence-corrected chi connectivity index (χ3v) is 7.59. The summed E-state index contributed by atoms with van der Waals surface area (Å²) >= 11 is 0. The molecule has 0 unspecified atom stereocenters. The minimum Gasteiger partial charge on any atom is -0.291 e. The van der Waals surface area contributed by atoms with Gasteiger partial charge in [0.05, 0.1) is 0 Å². The Morgan fingerprint density at radius 2 is 1.86 bits per heavy atom. The van der Waals surface area contributed by atoms with Crippen LogP contribution >= 0.6 is 0 Å². The molecule has 2 nitrogen and oxygen atoms in total. The van der Waals surface area contributed by atoms with Crippen molar-refractivity contribution in [2.24, 2.45) is 28.6 Å². The van der Waals surface area contributed by atoms with E-state index in [9.17, 15) is 9.59 Å². The van der Waals surface area contributed by atoms with Crippen LogP contribution in [0.5, 0.6) is 0 Å². The van der Waals surface area contributed by atoms with Gasteiger partial charge in [0.25, 0.3) is 0 Å². The molecule has 0 heterocycles. The van der Waals surface area contributed by atoms with E-state index >= 15 is 0 Å². The van der Waals surface area contributed by atoms with E-state index in [1.54, 1.807) is 5.57 Å². The Hall–Kier alpha value is -0.920. The van der Waals surface area contributed by atoms with Crippen LogP contribution in [0.3, 0.4) is 0 Å². The van der Waals surface area contributed by atoms with Crippen molar-refractivity contribution in [1.82, 2.24) is 0 Å². The summed E-state index contributed by atoms with van der Waals surface area (Å²) in [6.07, 6.45) is 11.4. The van der Waals surface area contributed by atoms with Crippen LogP contribution < -0.4 is 0 Å². The van der Waals surface area contributed by atoms with Gasteiger partial charge in [0.15, 0.2) is 5.78 Å². The number of hydrogen-bond acceptors (Lipinski definition) is 2. The normalized spacial score (nSPS) is 49.2. The Morgan fingerprint density at radius 3 is 2.67 bits per heavy atom. The van der Waals surface area contributed by atoms with Gasteiger partial charge >= 0.3 is 0 Å². The first kappa shape index (κ1) is 13.7. The predicted octanol–water partition coefficient (Wildman–Crippen LogP) is 4.09. The van der Waals surface area contributed by atoms with Crippen LogP contribution in [0.25, 0.3) is 0 Å². The lowest BCUT2D eigenvalue weighted by atomic mass is 9.47. The van der Waals surface area contributed by atoms with Crippen LogP contribution in [-0.4, -0.2) is 11.6 Å². The molecule has 4 aliphatic carbocycles. The summed E-state index contributed by atoms with van der Waals surface area (Å²) in [5.41, 5.74) is 1.72. The van der Waals surface area contributed by atoms with Gasteiger partial charge in [-0.15, -0.1) is 0 Å². The van der Waals surface area contributed by atoms with Gasteiger partial charge < -0.3 is 0 Å². The maximum Gasteiger partial charge on any atom is 0.204 e. The second-order valence-electron chi connectivity index (χ2n) is 8.37. The number of hydrogen-bond donors (Lipinski definition) is 0. The number of fused-ring (bicyclic) bond motifs is 5. The molecule has 114 valence electrons. The number of carbonyl (C=O) groups is 2. The molecule has 4 rings (SSSR count). The van der Waals surface area contributed by atoms with Crippen LogP contribution in [0.15, 0.2) is 11.6 Å². The smallest absolute Gasteiger partial charge is 0.204 e. The molecule has 0 bridgehead atoms. The number of rotatable bonds is 0. The van der Waals surface area contributed by atoms with Gasteiger partial charge in [0.2, 0.25) is 5.78 Å². The van der Waals surface area contributed by atoms with Crippen molar-refractivity contribution in [3.8, 4) is 0 Å². The summed E-state index contributed by atoms with van der Waals surface area (Å²) in [5, 5.41) is 0. The standard InChI is InChI=1S/C19H26O2/c1-18-9-4-3-5-12(18)6-7-13-14(18)8-10-19(2)15(13)11-16(20)17(19)21/h5,13-15H,3-4,6-11H2,1-2H3/t13-,14+,15+,18+,19+/m1/s1. The highest BCUT2D eigenvalue weighted by atomic mass is 16.2. The summed E-state index contributed by atoms with van der Waals surface area (Å²) in [5.74, 6) is 1.49. The first-order valence-corrected chi connectivity index (χ1v) is 8.74. The molecule has 3 fully saturated rings. The van der Waals surface area contributed by atoms with Crippen LogP contribution in [-0.2, 0) is 9.59 Å². The third kappa shape index (κ3) is 1.65. The predicted molar refractivity (Wildman–Crippen MR) is 81.7 cm³/mol. The molecule has 0 spiro atoms. The molecule has 0 aromatic carbocycles. The lowest BCUT2D eigenvalue weighted by Crippen LogP contribution is -2.50. The van der Waals surface area contributed by atoms with E-state index in [2.05, 4.69) is 19.9 Å². The van der Waals surface area contributed by atoms with E-state index < -0.39 is 0 Å². The SMILES string of the molecule is C[C@]12CCCC=C1CC[C@@H]1[C@@H]2CC[C@]2(C)C(=O)C(=O)C[C@@H]12. The molecule has 0 aromatic rings. The molecule has 2 heteroatoms. The van der Waals surface area contributed by atoms with Gasteiger partial charge in [-0.05, 0) is 68.1 Å². The highest BCUT2D eigenvalue weighted by molar-refractivity contribution is 6.41. The van der Waals surface area contributed by atoms with Gasteiger partial charge in [-0.25, -0.2) is 0 Å². The molecular formula is C19H26O2. The Kier molecular flexibility index (Phi) is 2.81. The summed E-state index contributed by atoms with van der Waals surface area (Å²) in [6.45, 7) is 4.55. The zero-order valence-electron chi connectivity index (χ0n) is 13.3. The molecule has 0 aliphatic heterocycles. The highest BCUT2D eigenvalue weighted by Crippen LogP contribution is 2.64. The Labute approximate surface area is 127 Å². The first-order valence-electron chi connectivity index (χ1n) is 8.74. The number of allylic oxidation sites excluding steroid dienone is 2. The fraction of sp³-hybridized carbons (Fsp3) is 0.789. The van der Waals surface area contributed by atoms with Crippen molar-refractivity contribution in [3.05, 3.63) is 11.6 Å². The van der Waals surface area contributed by atoms with Crippen molar-refractivity contribution in [2.75, 3.05) is 0 Å². The van der Waals surface area contributed by atoms with Crippen molar-refractivity contribution >= 4 is 11.6 Å². The van der Waals surface area contributed by atoms with Crippen molar-refractivity contribution in [1.29, 1.82) is 0 Å². The fourth-order valence-electron chi connectivity index (χ4n) is 6.34. The molecule has 0 saturated heterocycles. The molecule has 0 N–H and O–H groups in total. The number of Topliss-reactive ketones (excluding diaryl/α,β-unsaturated/α-hetero) is 2. The van der Waals surface area contributed by atoms with E-state index in [1.165, 1.54) is 32.1 Å². The van der Waals surface area contributed by atoms with Gasteiger partial charge in [0, 0.05) is 11.8 Å². The first-order chi connectivity index (χ1) is 9.97. The number of ketones is 2. The molecule has 4 aliphatic rings. The third-order valence-electron chi connectivity index (χ3n) is 7.59. The second kappa shape index (κ2) is 4.30. The Balaban J connectivity index is 1.72. The molecule has 0 amide bonds. The van der Waals surface area contributed by atoms with Crippen LogP contribution in [0.4, 0.5) is 0 Å². The molecule has 0 radical (unpaired) electrons. The van der Waals surface area contributed by atoms with Crippen molar-refractivity contribution < 1.29 is 9.59 Å². The van der Waals surface area contributed by atoms with Crippen LogP contribution in [0.2, 0.25) is 0 Å². The van der Waals surface area contributed by atoms with Gasteiger partial charge in [-0.3, -0.25) is 9.59 Å². The topological polar surface area (TPSA) is 34.1 Å². The maximum atomic E-state index is 12.3. The summed E-state index contributed by atoms with van der Waals surface area (Å²) in [6, 6.07) is 0. The molecular weight excluding hydrogens is 260 g/mol. The van der Waals surface area contributed by atoms with E-state index in [4.69, 9.17) is 0 Å². The number of carbonyl (C=O) groups excluding carboxylic acids is 2. The minimum absolute atomic E-state index is 0.0545. The minimum atomic E-state index is -0.329. The summed E-state index contributed by atoms with van der Waals surface area (Å²) < 4.78 is 0. The second-order valence-corrected chi connectivity index (χ2v) is 8.37. The van der Waals surface area contributed by atoms with E-state index in [0.717, 1.165) is 12.8 Å². The van der Waals surface area contributed by atoms with Crippen molar-refractivity contribution in [2.45, 2.75) is 65.2 Å². The molecule has 5 atom stereocenters. The van der Waals surface area contributed by atoms with Crippen LogP contribution in [0, 0.1) is 28.6 Å². The average Bonchev–Trinajstić information content (AvgIpc) is 2.70. The summed E-state index contributed by atoms with van der Waals surface area (Å²) in [4.78, 5) is 24.4. The summed E-state index contributed by atoms with van der Waals surface area (Å²) in [7, 11) is 0. The fourth-order valence-corrected chi connectivity index (χ4v) is 6.34. The highest BCUT2D eigenvalue weighted by Gasteiger charge is 2.61. The van der Waals surface area contributed by atoms with Gasteiger partial charge in [-0.2, -0.15) is 0 Å². The molecule has 0 aromatic heterocycles. The Morgan fingerprint density at radius 1 is 1.05 bits per heavy atom. The zero-order valence-corrected chi connectivity index (χ0v) is 13.3. The average molecular weight is 286 g/mol. The van der Waals surface area contributed by atoms with Gasteiger partial charge in [0.1, 0.15) is 0 Å². The zero-order chi connectivity index (χ0) is 14.8. The molecule has 3 saturated carbocycles. The molecule has 21 heavy (non-hydrogen) atoms. The van der Waals surface area contributed by atoms with E-state index in [-0.39, 0.29) is 17.0 Å². The van der Waals surface area contributed by atoms with Crippen LogP contribution in [0.1, 0.15) is 65.2 Å².